The predicted molar refractivity (Wildman–Crippen MR) is 87.1 cm³/mol. The number of halogens is 1. The molecule has 0 aliphatic carbocycles. The first-order valence-electron chi connectivity index (χ1n) is 6.43. The van der Waals surface area contributed by atoms with Gasteiger partial charge in [0.1, 0.15) is 5.75 Å². The SMILES string of the molecule is COc1ccc(S(=O)(=O)Nc2ccc3[nH]ccc3c2)cc1Cl. The Hall–Kier alpha value is -2.18. The van der Waals surface area contributed by atoms with E-state index in [1.54, 1.807) is 18.3 Å². The predicted octanol–water partition coefficient (Wildman–Crippen LogP) is 3.63. The van der Waals surface area contributed by atoms with E-state index >= 15 is 0 Å². The molecular weight excluding hydrogens is 324 g/mol. The lowest BCUT2D eigenvalue weighted by atomic mass is 10.2. The van der Waals surface area contributed by atoms with Crippen molar-refractivity contribution in [3.63, 3.8) is 0 Å². The second-order valence-electron chi connectivity index (χ2n) is 4.68. The van der Waals surface area contributed by atoms with Crippen molar-refractivity contribution in [2.45, 2.75) is 4.90 Å². The van der Waals surface area contributed by atoms with E-state index in [0.717, 1.165) is 10.9 Å². The fourth-order valence-electron chi connectivity index (χ4n) is 2.15. The molecule has 1 aromatic heterocycles. The lowest BCUT2D eigenvalue weighted by molar-refractivity contribution is 0.414. The molecule has 0 radical (unpaired) electrons. The molecule has 0 saturated heterocycles. The molecule has 5 nitrogen and oxygen atoms in total. The molecule has 0 aliphatic rings. The van der Waals surface area contributed by atoms with Gasteiger partial charge in [0.05, 0.1) is 17.0 Å². The number of H-pyrrole nitrogens is 1. The van der Waals surface area contributed by atoms with Gasteiger partial charge in [-0.2, -0.15) is 0 Å². The maximum Gasteiger partial charge on any atom is 0.261 e. The van der Waals surface area contributed by atoms with Crippen molar-refractivity contribution in [2.24, 2.45) is 0 Å². The van der Waals surface area contributed by atoms with Crippen molar-refractivity contribution in [3.8, 4) is 5.75 Å². The number of methoxy groups -OCH3 is 1. The fourth-order valence-corrected chi connectivity index (χ4v) is 3.54. The first kappa shape index (κ1) is 14.7. The summed E-state index contributed by atoms with van der Waals surface area (Å²) in [7, 11) is -2.24. The lowest BCUT2D eigenvalue weighted by Crippen LogP contribution is -2.12. The average molecular weight is 337 g/mol. The molecule has 2 N–H and O–H groups in total. The Labute approximate surface area is 132 Å². The second-order valence-corrected chi connectivity index (χ2v) is 6.77. The van der Waals surface area contributed by atoms with Crippen LogP contribution in [0.4, 0.5) is 5.69 Å². The van der Waals surface area contributed by atoms with Crippen molar-refractivity contribution >= 4 is 38.2 Å². The number of hydrogen-bond acceptors (Lipinski definition) is 3. The largest absolute Gasteiger partial charge is 0.495 e. The van der Waals surface area contributed by atoms with Gasteiger partial charge in [0, 0.05) is 22.8 Å². The maximum absolute atomic E-state index is 12.4. The summed E-state index contributed by atoms with van der Waals surface area (Å²) in [5.74, 6) is 0.425. The van der Waals surface area contributed by atoms with E-state index in [2.05, 4.69) is 9.71 Å². The number of benzene rings is 2. The minimum absolute atomic E-state index is 0.0764. The highest BCUT2D eigenvalue weighted by atomic mass is 35.5. The number of ether oxygens (including phenoxy) is 1. The molecule has 22 heavy (non-hydrogen) atoms. The van der Waals surface area contributed by atoms with E-state index in [4.69, 9.17) is 16.3 Å². The number of fused-ring (bicyclic) bond motifs is 1. The standard InChI is InChI=1S/C15H13ClN2O3S/c1-21-15-5-3-12(9-13(15)16)22(19,20)18-11-2-4-14-10(8-11)6-7-17-14/h2-9,17-18H,1H3. The van der Waals surface area contributed by atoms with Crippen LogP contribution in [0.25, 0.3) is 10.9 Å². The molecular formula is C15H13ClN2O3S. The first-order chi connectivity index (χ1) is 10.5. The zero-order valence-corrected chi connectivity index (χ0v) is 13.2. The van der Waals surface area contributed by atoms with Gasteiger partial charge in [0.2, 0.25) is 0 Å². The van der Waals surface area contributed by atoms with Gasteiger partial charge < -0.3 is 9.72 Å². The number of aromatic nitrogens is 1. The molecule has 1 heterocycles. The van der Waals surface area contributed by atoms with Crippen LogP contribution in [0.1, 0.15) is 0 Å². The van der Waals surface area contributed by atoms with Gasteiger partial charge >= 0.3 is 0 Å². The summed E-state index contributed by atoms with van der Waals surface area (Å²) in [5, 5.41) is 1.17. The van der Waals surface area contributed by atoms with Gasteiger partial charge in [-0.1, -0.05) is 11.6 Å². The third kappa shape index (κ3) is 2.75. The van der Waals surface area contributed by atoms with E-state index in [9.17, 15) is 8.42 Å². The minimum atomic E-state index is -3.71. The Balaban J connectivity index is 1.93. The first-order valence-corrected chi connectivity index (χ1v) is 8.29. The summed E-state index contributed by atoms with van der Waals surface area (Å²) in [6.45, 7) is 0. The second kappa shape index (κ2) is 5.55. The van der Waals surface area contributed by atoms with Gasteiger partial charge in [-0.15, -0.1) is 0 Å². The van der Waals surface area contributed by atoms with Crippen molar-refractivity contribution in [1.82, 2.24) is 4.98 Å². The molecule has 7 heteroatoms. The maximum atomic E-state index is 12.4. The molecule has 0 aliphatic heterocycles. The van der Waals surface area contributed by atoms with Crippen LogP contribution in [0.2, 0.25) is 5.02 Å². The topological polar surface area (TPSA) is 71.2 Å². The molecule has 0 saturated carbocycles. The summed E-state index contributed by atoms with van der Waals surface area (Å²) >= 11 is 5.98. The smallest absolute Gasteiger partial charge is 0.261 e. The molecule has 0 unspecified atom stereocenters. The molecule has 3 rings (SSSR count). The van der Waals surface area contributed by atoms with Crippen LogP contribution >= 0.6 is 11.6 Å². The molecule has 0 bridgehead atoms. The van der Waals surface area contributed by atoms with E-state index in [1.807, 2.05) is 12.1 Å². The summed E-state index contributed by atoms with van der Waals surface area (Å²) in [4.78, 5) is 3.13. The normalized spacial score (nSPS) is 11.5. The lowest BCUT2D eigenvalue weighted by Gasteiger charge is -2.10. The number of anilines is 1. The van der Waals surface area contributed by atoms with Crippen molar-refractivity contribution < 1.29 is 13.2 Å². The highest BCUT2D eigenvalue weighted by Gasteiger charge is 2.16. The summed E-state index contributed by atoms with van der Waals surface area (Å²) in [6.07, 6.45) is 1.80. The minimum Gasteiger partial charge on any atom is -0.495 e. The molecule has 2 aromatic carbocycles. The van der Waals surface area contributed by atoms with E-state index in [1.165, 1.54) is 25.3 Å². The number of nitrogens with one attached hydrogen (secondary N) is 2. The van der Waals surface area contributed by atoms with Crippen LogP contribution in [-0.2, 0) is 10.0 Å². The van der Waals surface area contributed by atoms with Crippen molar-refractivity contribution in [1.29, 1.82) is 0 Å². The summed E-state index contributed by atoms with van der Waals surface area (Å²) in [6, 6.07) is 11.5. The Bertz CT molecular complexity index is 935. The van der Waals surface area contributed by atoms with E-state index < -0.39 is 10.0 Å². The van der Waals surface area contributed by atoms with Gasteiger partial charge in [-0.3, -0.25) is 4.72 Å². The third-order valence-corrected chi connectivity index (χ3v) is 4.91. The van der Waals surface area contributed by atoms with Crippen molar-refractivity contribution in [2.75, 3.05) is 11.8 Å². The molecule has 3 aromatic rings. The fraction of sp³-hybridized carbons (Fsp3) is 0.0667. The van der Waals surface area contributed by atoms with Crippen LogP contribution < -0.4 is 9.46 Å². The highest BCUT2D eigenvalue weighted by Crippen LogP contribution is 2.28. The summed E-state index contributed by atoms with van der Waals surface area (Å²) in [5.41, 5.74) is 1.43. The number of rotatable bonds is 4. The van der Waals surface area contributed by atoms with Gasteiger partial charge in [-0.05, 0) is 42.5 Å². The average Bonchev–Trinajstić information content (AvgIpc) is 2.94. The van der Waals surface area contributed by atoms with Gasteiger partial charge in [0.15, 0.2) is 0 Å². The van der Waals surface area contributed by atoms with Crippen LogP contribution in [0, 0.1) is 0 Å². The van der Waals surface area contributed by atoms with Gasteiger partial charge in [0.25, 0.3) is 10.0 Å². The van der Waals surface area contributed by atoms with Crippen LogP contribution in [0.15, 0.2) is 53.6 Å². The monoisotopic (exact) mass is 336 g/mol. The zero-order valence-electron chi connectivity index (χ0n) is 11.6. The number of hydrogen-bond donors (Lipinski definition) is 2. The Kier molecular flexibility index (Phi) is 3.72. The van der Waals surface area contributed by atoms with E-state index in [-0.39, 0.29) is 9.92 Å². The third-order valence-electron chi connectivity index (χ3n) is 3.24. The Morgan fingerprint density at radius 2 is 1.95 bits per heavy atom. The molecule has 0 fully saturated rings. The zero-order chi connectivity index (χ0) is 15.7. The number of aromatic amines is 1. The highest BCUT2D eigenvalue weighted by molar-refractivity contribution is 7.92. The quantitative estimate of drug-likeness (QED) is 0.764. The molecule has 114 valence electrons. The van der Waals surface area contributed by atoms with Crippen LogP contribution in [0.5, 0.6) is 5.75 Å². The van der Waals surface area contributed by atoms with Crippen molar-refractivity contribution in [3.05, 3.63) is 53.7 Å². The van der Waals surface area contributed by atoms with Gasteiger partial charge in [-0.25, -0.2) is 8.42 Å². The van der Waals surface area contributed by atoms with E-state index in [0.29, 0.717) is 11.4 Å². The Morgan fingerprint density at radius 1 is 1.14 bits per heavy atom. The summed E-state index contributed by atoms with van der Waals surface area (Å²) < 4.78 is 32.4. The molecule has 0 atom stereocenters. The Morgan fingerprint density at radius 3 is 2.68 bits per heavy atom. The van der Waals surface area contributed by atoms with Crippen LogP contribution in [0.3, 0.4) is 0 Å². The molecule has 0 amide bonds. The molecule has 0 spiro atoms. The van der Waals surface area contributed by atoms with Crippen LogP contribution in [-0.4, -0.2) is 20.5 Å². The number of sulfonamides is 1.